The molecule has 0 heterocycles. The molecule has 2 nitrogen and oxygen atoms in total. The molecule has 0 bridgehead atoms. The van der Waals surface area contributed by atoms with E-state index in [9.17, 15) is 4.79 Å². The maximum Gasteiger partial charge on any atom is 0.319 e. The predicted octanol–water partition coefficient (Wildman–Crippen LogP) is 2.30. The van der Waals surface area contributed by atoms with Gasteiger partial charge in [0.15, 0.2) is 0 Å². The number of esters is 1. The Morgan fingerprint density at radius 1 is 1.43 bits per heavy atom. The molecule has 1 aromatic carbocycles. The van der Waals surface area contributed by atoms with Gasteiger partial charge in [0.2, 0.25) is 0 Å². The minimum absolute atomic E-state index is 0.293. The largest absolute Gasteiger partial charge is 0.468 e. The first-order valence-corrected chi connectivity index (χ1v) is 4.42. The number of hydrogen-bond acceptors (Lipinski definition) is 2. The molecule has 0 fully saturated rings. The molecular weight excluding hydrogens is 176 g/mol. The molecule has 0 amide bonds. The Kier molecular flexibility index (Phi) is 3.07. The van der Waals surface area contributed by atoms with Crippen molar-refractivity contribution < 1.29 is 9.53 Å². The van der Waals surface area contributed by atoms with Gasteiger partial charge in [0, 0.05) is 0 Å². The van der Waals surface area contributed by atoms with E-state index >= 15 is 0 Å². The van der Waals surface area contributed by atoms with Gasteiger partial charge in [-0.1, -0.05) is 36.4 Å². The van der Waals surface area contributed by atoms with Crippen molar-refractivity contribution in [3.05, 3.63) is 48.6 Å². The standard InChI is InChI=1S/C12H14O2/c1-4-12(2,11(13)14-3)10-8-6-5-7-9-10/h4-9H,1H2,2-3H3. The van der Waals surface area contributed by atoms with Crippen LogP contribution in [0.15, 0.2) is 43.0 Å². The third-order valence-electron chi connectivity index (χ3n) is 2.39. The summed E-state index contributed by atoms with van der Waals surface area (Å²) in [7, 11) is 1.38. The lowest BCUT2D eigenvalue weighted by molar-refractivity contribution is -0.145. The molecule has 14 heavy (non-hydrogen) atoms. The molecule has 0 aliphatic rings. The van der Waals surface area contributed by atoms with Crippen LogP contribution < -0.4 is 0 Å². The van der Waals surface area contributed by atoms with Gasteiger partial charge in [-0.3, -0.25) is 4.79 Å². The first-order valence-electron chi connectivity index (χ1n) is 4.42. The number of rotatable bonds is 3. The van der Waals surface area contributed by atoms with Crippen molar-refractivity contribution in [3.8, 4) is 0 Å². The molecule has 0 aromatic heterocycles. The third-order valence-corrected chi connectivity index (χ3v) is 2.39. The molecule has 2 heteroatoms. The summed E-state index contributed by atoms with van der Waals surface area (Å²) in [6.07, 6.45) is 1.61. The van der Waals surface area contributed by atoms with Crippen LogP contribution >= 0.6 is 0 Å². The second-order valence-electron chi connectivity index (χ2n) is 3.26. The molecule has 1 rings (SSSR count). The molecule has 0 aliphatic heterocycles. The monoisotopic (exact) mass is 190 g/mol. The van der Waals surface area contributed by atoms with E-state index in [2.05, 4.69) is 6.58 Å². The average molecular weight is 190 g/mol. The molecular formula is C12H14O2. The second kappa shape index (κ2) is 4.09. The lowest BCUT2D eigenvalue weighted by Crippen LogP contribution is -2.31. The SMILES string of the molecule is C=CC(C)(C(=O)OC)c1ccccc1. The van der Waals surface area contributed by atoms with Gasteiger partial charge < -0.3 is 4.74 Å². The topological polar surface area (TPSA) is 26.3 Å². The zero-order chi connectivity index (χ0) is 10.6. The first-order chi connectivity index (χ1) is 6.65. The minimum atomic E-state index is -0.754. The highest BCUT2D eigenvalue weighted by Crippen LogP contribution is 2.25. The number of methoxy groups -OCH3 is 1. The number of hydrogen-bond donors (Lipinski definition) is 0. The zero-order valence-electron chi connectivity index (χ0n) is 8.49. The van der Waals surface area contributed by atoms with Crippen LogP contribution in [0, 0.1) is 0 Å². The molecule has 0 saturated heterocycles. The van der Waals surface area contributed by atoms with Gasteiger partial charge in [0.25, 0.3) is 0 Å². The van der Waals surface area contributed by atoms with Crippen LogP contribution in [0.2, 0.25) is 0 Å². The molecule has 0 N–H and O–H groups in total. The van der Waals surface area contributed by atoms with Crippen molar-refractivity contribution in [2.24, 2.45) is 0 Å². The van der Waals surface area contributed by atoms with Crippen molar-refractivity contribution in [1.29, 1.82) is 0 Å². The number of ether oxygens (including phenoxy) is 1. The van der Waals surface area contributed by atoms with Gasteiger partial charge in [-0.15, -0.1) is 6.58 Å². The van der Waals surface area contributed by atoms with E-state index in [1.165, 1.54) is 7.11 Å². The normalized spacial score (nSPS) is 14.1. The highest BCUT2D eigenvalue weighted by molar-refractivity contribution is 5.85. The highest BCUT2D eigenvalue weighted by Gasteiger charge is 2.32. The fourth-order valence-electron chi connectivity index (χ4n) is 1.32. The Balaban J connectivity index is 3.14. The van der Waals surface area contributed by atoms with Crippen molar-refractivity contribution >= 4 is 5.97 Å². The van der Waals surface area contributed by atoms with E-state index < -0.39 is 5.41 Å². The maximum atomic E-state index is 11.6. The summed E-state index contributed by atoms with van der Waals surface area (Å²) < 4.78 is 4.75. The van der Waals surface area contributed by atoms with Gasteiger partial charge >= 0.3 is 5.97 Å². The molecule has 1 atom stereocenters. The number of carbonyl (C=O) groups is 1. The van der Waals surface area contributed by atoms with Gasteiger partial charge in [-0.25, -0.2) is 0 Å². The Morgan fingerprint density at radius 3 is 2.43 bits per heavy atom. The van der Waals surface area contributed by atoms with E-state index in [1.807, 2.05) is 30.3 Å². The van der Waals surface area contributed by atoms with Gasteiger partial charge in [-0.2, -0.15) is 0 Å². The fourth-order valence-corrected chi connectivity index (χ4v) is 1.32. The van der Waals surface area contributed by atoms with Crippen LogP contribution in [0.4, 0.5) is 0 Å². The number of carbonyl (C=O) groups excluding carboxylic acids is 1. The van der Waals surface area contributed by atoms with Crippen molar-refractivity contribution in [2.45, 2.75) is 12.3 Å². The molecule has 0 spiro atoms. The van der Waals surface area contributed by atoms with Gasteiger partial charge in [0.05, 0.1) is 7.11 Å². The van der Waals surface area contributed by atoms with Crippen LogP contribution in [0.3, 0.4) is 0 Å². The van der Waals surface area contributed by atoms with Crippen LogP contribution in [0.25, 0.3) is 0 Å². The van der Waals surface area contributed by atoms with Gasteiger partial charge in [-0.05, 0) is 12.5 Å². The Bertz CT molecular complexity index is 329. The smallest absolute Gasteiger partial charge is 0.319 e. The van der Waals surface area contributed by atoms with Crippen LogP contribution in [-0.4, -0.2) is 13.1 Å². The molecule has 0 saturated carbocycles. The van der Waals surface area contributed by atoms with Crippen LogP contribution in [0.5, 0.6) is 0 Å². The third kappa shape index (κ3) is 1.69. The minimum Gasteiger partial charge on any atom is -0.468 e. The Morgan fingerprint density at radius 2 is 2.00 bits per heavy atom. The van der Waals surface area contributed by atoms with E-state index in [4.69, 9.17) is 4.74 Å². The zero-order valence-corrected chi connectivity index (χ0v) is 8.49. The molecule has 1 aromatic rings. The van der Waals surface area contributed by atoms with E-state index in [0.29, 0.717) is 0 Å². The molecule has 0 radical (unpaired) electrons. The Labute approximate surface area is 84.2 Å². The van der Waals surface area contributed by atoms with E-state index in [0.717, 1.165) is 5.56 Å². The fraction of sp³-hybridized carbons (Fsp3) is 0.250. The lowest BCUT2D eigenvalue weighted by atomic mass is 9.83. The highest BCUT2D eigenvalue weighted by atomic mass is 16.5. The van der Waals surface area contributed by atoms with Crippen molar-refractivity contribution in [1.82, 2.24) is 0 Å². The van der Waals surface area contributed by atoms with Crippen molar-refractivity contribution in [2.75, 3.05) is 7.11 Å². The van der Waals surface area contributed by atoms with Crippen LogP contribution in [-0.2, 0) is 14.9 Å². The van der Waals surface area contributed by atoms with Crippen LogP contribution in [0.1, 0.15) is 12.5 Å². The maximum absolute atomic E-state index is 11.6. The summed E-state index contributed by atoms with van der Waals surface area (Å²) in [6, 6.07) is 9.46. The molecule has 74 valence electrons. The first kappa shape index (κ1) is 10.5. The molecule has 0 aliphatic carbocycles. The predicted molar refractivity (Wildman–Crippen MR) is 56.0 cm³/mol. The average Bonchev–Trinajstić information content (AvgIpc) is 2.28. The lowest BCUT2D eigenvalue weighted by Gasteiger charge is -2.22. The van der Waals surface area contributed by atoms with E-state index in [1.54, 1.807) is 13.0 Å². The van der Waals surface area contributed by atoms with Crippen molar-refractivity contribution in [3.63, 3.8) is 0 Å². The second-order valence-corrected chi connectivity index (χ2v) is 3.26. The summed E-state index contributed by atoms with van der Waals surface area (Å²) in [6.45, 7) is 5.47. The summed E-state index contributed by atoms with van der Waals surface area (Å²) in [4.78, 5) is 11.6. The number of benzene rings is 1. The molecule has 1 unspecified atom stereocenters. The summed E-state index contributed by atoms with van der Waals surface area (Å²) in [5.41, 5.74) is 0.137. The Hall–Kier alpha value is -1.57. The summed E-state index contributed by atoms with van der Waals surface area (Å²) >= 11 is 0. The quantitative estimate of drug-likeness (QED) is 0.540. The summed E-state index contributed by atoms with van der Waals surface area (Å²) in [5.74, 6) is -0.293. The van der Waals surface area contributed by atoms with E-state index in [-0.39, 0.29) is 5.97 Å². The summed E-state index contributed by atoms with van der Waals surface area (Å²) in [5, 5.41) is 0. The van der Waals surface area contributed by atoms with Gasteiger partial charge in [0.1, 0.15) is 5.41 Å².